The van der Waals surface area contributed by atoms with Gasteiger partial charge in [0.25, 0.3) is 0 Å². The fourth-order valence-corrected chi connectivity index (χ4v) is 1.95. The zero-order chi connectivity index (χ0) is 12.5. The van der Waals surface area contributed by atoms with Crippen molar-refractivity contribution in [3.8, 4) is 17.0 Å². The van der Waals surface area contributed by atoms with Crippen molar-refractivity contribution in [2.75, 3.05) is 7.11 Å². The highest BCUT2D eigenvalue weighted by molar-refractivity contribution is 6.28. The molecule has 2 aromatic heterocycles. The highest BCUT2D eigenvalue weighted by Gasteiger charge is 2.10. The van der Waals surface area contributed by atoms with Gasteiger partial charge in [-0.25, -0.2) is 4.98 Å². The van der Waals surface area contributed by atoms with Crippen molar-refractivity contribution in [3.05, 3.63) is 35.7 Å². The van der Waals surface area contributed by atoms with E-state index in [1.165, 1.54) is 0 Å². The average molecular weight is 261 g/mol. The van der Waals surface area contributed by atoms with E-state index in [0.717, 1.165) is 22.4 Å². The first-order valence-corrected chi connectivity index (χ1v) is 5.67. The Kier molecular flexibility index (Phi) is 2.60. The van der Waals surface area contributed by atoms with Gasteiger partial charge in [0.1, 0.15) is 5.75 Å². The third-order valence-electron chi connectivity index (χ3n) is 2.65. The van der Waals surface area contributed by atoms with E-state index in [2.05, 4.69) is 20.2 Å². The molecular weight excluding hydrogens is 252 g/mol. The van der Waals surface area contributed by atoms with E-state index in [-0.39, 0.29) is 5.28 Å². The van der Waals surface area contributed by atoms with Crippen LogP contribution in [-0.2, 0) is 0 Å². The van der Waals surface area contributed by atoms with Crippen LogP contribution in [0.4, 0.5) is 0 Å². The number of hydrogen-bond acceptors (Lipinski definition) is 4. The number of aromatic nitrogens is 4. The number of fused-ring (bicyclic) bond motifs is 1. The van der Waals surface area contributed by atoms with E-state index in [0.29, 0.717) is 5.65 Å². The van der Waals surface area contributed by atoms with Crippen molar-refractivity contribution in [1.82, 2.24) is 20.2 Å². The summed E-state index contributed by atoms with van der Waals surface area (Å²) in [5.74, 6) is 0.794. The topological polar surface area (TPSA) is 63.7 Å². The lowest BCUT2D eigenvalue weighted by molar-refractivity contribution is 0.415. The van der Waals surface area contributed by atoms with Gasteiger partial charge in [-0.15, -0.1) is 0 Å². The molecule has 0 saturated heterocycles. The number of halogens is 1. The van der Waals surface area contributed by atoms with E-state index < -0.39 is 0 Å². The zero-order valence-electron chi connectivity index (χ0n) is 9.51. The van der Waals surface area contributed by atoms with Gasteiger partial charge in [0.15, 0.2) is 5.65 Å². The van der Waals surface area contributed by atoms with Crippen LogP contribution in [0.1, 0.15) is 0 Å². The summed E-state index contributed by atoms with van der Waals surface area (Å²) in [7, 11) is 1.63. The van der Waals surface area contributed by atoms with Gasteiger partial charge < -0.3 is 4.74 Å². The number of methoxy groups -OCH3 is 1. The summed E-state index contributed by atoms with van der Waals surface area (Å²) < 4.78 is 5.12. The molecular formula is C12H9ClN4O. The Morgan fingerprint density at radius 3 is 2.67 bits per heavy atom. The van der Waals surface area contributed by atoms with Crippen molar-refractivity contribution in [2.24, 2.45) is 0 Å². The van der Waals surface area contributed by atoms with Crippen molar-refractivity contribution in [2.45, 2.75) is 0 Å². The third-order valence-corrected chi connectivity index (χ3v) is 2.81. The maximum Gasteiger partial charge on any atom is 0.224 e. The standard InChI is InChI=1S/C12H9ClN4O/c1-18-8-4-2-7(3-5-8)10-9-6-14-17-11(9)16-12(13)15-10/h2-6H,1H3,(H,14,15,16,17). The van der Waals surface area contributed by atoms with Crippen molar-refractivity contribution >= 4 is 22.6 Å². The minimum atomic E-state index is 0.192. The summed E-state index contributed by atoms with van der Waals surface area (Å²) >= 11 is 5.89. The molecule has 0 unspecified atom stereocenters. The molecule has 0 atom stereocenters. The smallest absolute Gasteiger partial charge is 0.224 e. The van der Waals surface area contributed by atoms with Crippen LogP contribution in [0.15, 0.2) is 30.5 Å². The second-order valence-corrected chi connectivity index (χ2v) is 4.04. The molecule has 2 heterocycles. The van der Waals surface area contributed by atoms with Gasteiger partial charge in [-0.3, -0.25) is 5.10 Å². The minimum Gasteiger partial charge on any atom is -0.497 e. The van der Waals surface area contributed by atoms with Crippen LogP contribution < -0.4 is 4.74 Å². The predicted octanol–water partition coefficient (Wildman–Crippen LogP) is 2.68. The van der Waals surface area contributed by atoms with E-state index >= 15 is 0 Å². The molecule has 0 aliphatic rings. The van der Waals surface area contributed by atoms with E-state index in [9.17, 15) is 0 Å². The van der Waals surface area contributed by atoms with Crippen LogP contribution in [-0.4, -0.2) is 27.3 Å². The van der Waals surface area contributed by atoms with Crippen LogP contribution in [0.2, 0.25) is 5.28 Å². The predicted molar refractivity (Wildman–Crippen MR) is 68.7 cm³/mol. The Morgan fingerprint density at radius 2 is 1.94 bits per heavy atom. The second kappa shape index (κ2) is 4.27. The lowest BCUT2D eigenvalue weighted by Crippen LogP contribution is -1.90. The number of hydrogen-bond donors (Lipinski definition) is 1. The molecule has 0 fully saturated rings. The maximum atomic E-state index is 5.89. The third kappa shape index (κ3) is 1.78. The van der Waals surface area contributed by atoms with Crippen molar-refractivity contribution in [1.29, 1.82) is 0 Å². The molecule has 18 heavy (non-hydrogen) atoms. The Hall–Kier alpha value is -2.14. The molecule has 0 aliphatic carbocycles. The van der Waals surface area contributed by atoms with E-state index in [1.807, 2.05) is 24.3 Å². The number of nitrogens with zero attached hydrogens (tertiary/aromatic N) is 3. The summed E-state index contributed by atoms with van der Waals surface area (Å²) in [5, 5.41) is 7.76. The molecule has 3 rings (SSSR count). The largest absolute Gasteiger partial charge is 0.497 e. The number of nitrogens with one attached hydrogen (secondary N) is 1. The Balaban J connectivity index is 2.20. The first-order chi connectivity index (χ1) is 8.78. The summed E-state index contributed by atoms with van der Waals surface area (Å²) in [6, 6.07) is 7.59. The van der Waals surface area contributed by atoms with Crippen LogP contribution in [0.5, 0.6) is 5.75 Å². The van der Waals surface area contributed by atoms with Gasteiger partial charge in [-0.1, -0.05) is 0 Å². The molecule has 1 aromatic carbocycles. The molecule has 5 nitrogen and oxygen atoms in total. The number of H-pyrrole nitrogens is 1. The Morgan fingerprint density at radius 1 is 1.17 bits per heavy atom. The number of aromatic amines is 1. The quantitative estimate of drug-likeness (QED) is 0.720. The van der Waals surface area contributed by atoms with Gasteiger partial charge in [0, 0.05) is 5.56 Å². The summed E-state index contributed by atoms with van der Waals surface area (Å²) in [6.07, 6.45) is 1.69. The fourth-order valence-electron chi connectivity index (χ4n) is 1.78. The monoisotopic (exact) mass is 260 g/mol. The highest BCUT2D eigenvalue weighted by Crippen LogP contribution is 2.27. The van der Waals surface area contributed by atoms with Gasteiger partial charge in [0.2, 0.25) is 5.28 Å². The average Bonchev–Trinajstić information content (AvgIpc) is 2.86. The van der Waals surface area contributed by atoms with Gasteiger partial charge in [-0.05, 0) is 35.9 Å². The second-order valence-electron chi connectivity index (χ2n) is 3.70. The van der Waals surface area contributed by atoms with E-state index in [1.54, 1.807) is 13.3 Å². The number of ether oxygens (including phenoxy) is 1. The summed E-state index contributed by atoms with van der Waals surface area (Å²) in [4.78, 5) is 8.32. The van der Waals surface area contributed by atoms with Crippen LogP contribution in [0.3, 0.4) is 0 Å². The van der Waals surface area contributed by atoms with Crippen LogP contribution in [0.25, 0.3) is 22.3 Å². The maximum absolute atomic E-state index is 5.89. The van der Waals surface area contributed by atoms with Crippen LogP contribution in [0, 0.1) is 0 Å². The highest BCUT2D eigenvalue weighted by atomic mass is 35.5. The molecule has 0 radical (unpaired) electrons. The van der Waals surface area contributed by atoms with Gasteiger partial charge >= 0.3 is 0 Å². The molecule has 3 aromatic rings. The lowest BCUT2D eigenvalue weighted by atomic mass is 10.1. The van der Waals surface area contributed by atoms with E-state index in [4.69, 9.17) is 16.3 Å². The van der Waals surface area contributed by atoms with Crippen molar-refractivity contribution in [3.63, 3.8) is 0 Å². The number of rotatable bonds is 2. The van der Waals surface area contributed by atoms with Gasteiger partial charge in [-0.2, -0.15) is 10.1 Å². The normalized spacial score (nSPS) is 10.8. The first kappa shape index (κ1) is 11.0. The molecule has 0 saturated carbocycles. The molecule has 1 N–H and O–H groups in total. The first-order valence-electron chi connectivity index (χ1n) is 5.29. The SMILES string of the molecule is COc1ccc(-c2nc(Cl)nc3[nH]ncc23)cc1. The fraction of sp³-hybridized carbons (Fsp3) is 0.0833. The molecule has 0 spiro atoms. The van der Waals surface area contributed by atoms with Crippen molar-refractivity contribution < 1.29 is 4.74 Å². The summed E-state index contributed by atoms with van der Waals surface area (Å²) in [5.41, 5.74) is 2.31. The molecule has 0 bridgehead atoms. The van der Waals surface area contributed by atoms with Gasteiger partial charge in [0.05, 0.1) is 24.4 Å². The zero-order valence-corrected chi connectivity index (χ0v) is 10.3. The lowest BCUT2D eigenvalue weighted by Gasteiger charge is -2.04. The Bertz CT molecular complexity index is 693. The molecule has 6 heteroatoms. The molecule has 0 aliphatic heterocycles. The molecule has 0 amide bonds. The van der Waals surface area contributed by atoms with Crippen LogP contribution >= 0.6 is 11.6 Å². The summed E-state index contributed by atoms with van der Waals surface area (Å²) in [6.45, 7) is 0. The Labute approximate surface area is 108 Å². The molecule has 90 valence electrons. The minimum absolute atomic E-state index is 0.192. The number of benzene rings is 1.